The number of nitrogens with one attached hydrogen (secondary N) is 1. The van der Waals surface area contributed by atoms with E-state index in [-0.39, 0.29) is 17.9 Å². The summed E-state index contributed by atoms with van der Waals surface area (Å²) in [5.41, 5.74) is 0. The summed E-state index contributed by atoms with van der Waals surface area (Å²) >= 11 is 0. The molecule has 1 atom stereocenters. The van der Waals surface area contributed by atoms with Gasteiger partial charge in [0.15, 0.2) is 0 Å². The van der Waals surface area contributed by atoms with Crippen LogP contribution in [0.1, 0.15) is 12.8 Å². The topological polar surface area (TPSA) is 58.6 Å². The number of ether oxygens (including phenoxy) is 1. The molecule has 0 aromatic heterocycles. The molecule has 0 bridgehead atoms. The largest absolute Gasteiger partial charge is 0.468 e. The molecule has 0 aromatic rings. The Kier molecular flexibility index (Phi) is 3.88. The number of carbonyl (C=O) groups is 2. The van der Waals surface area contributed by atoms with Gasteiger partial charge in [-0.3, -0.25) is 14.5 Å². The van der Waals surface area contributed by atoms with Gasteiger partial charge in [-0.25, -0.2) is 0 Å². The van der Waals surface area contributed by atoms with Crippen LogP contribution < -0.4 is 5.32 Å². The molecule has 1 aliphatic rings. The summed E-state index contributed by atoms with van der Waals surface area (Å²) < 4.78 is 4.64. The molecule has 5 nitrogen and oxygen atoms in total. The molecule has 1 heterocycles. The van der Waals surface area contributed by atoms with E-state index in [1.54, 1.807) is 7.05 Å². The molecule has 0 radical (unpaired) electrons. The second-order valence-electron chi connectivity index (χ2n) is 3.29. The highest BCUT2D eigenvalue weighted by Crippen LogP contribution is 2.18. The lowest BCUT2D eigenvalue weighted by molar-refractivity contribution is -0.152. The summed E-state index contributed by atoms with van der Waals surface area (Å²) in [4.78, 5) is 24.1. The Morgan fingerprint density at radius 3 is 2.71 bits per heavy atom. The first kappa shape index (κ1) is 11.0. The van der Waals surface area contributed by atoms with Crippen LogP contribution >= 0.6 is 0 Å². The molecule has 1 saturated heterocycles. The number of hydrogen-bond acceptors (Lipinski definition) is 4. The van der Waals surface area contributed by atoms with Crippen LogP contribution in [0, 0.1) is 0 Å². The Balaban J connectivity index is 2.26. The minimum absolute atomic E-state index is 0.000478. The van der Waals surface area contributed by atoms with E-state index in [1.165, 1.54) is 7.11 Å². The molecule has 0 saturated carbocycles. The van der Waals surface area contributed by atoms with Crippen molar-refractivity contribution in [2.75, 3.05) is 27.2 Å². The Morgan fingerprint density at radius 1 is 1.57 bits per heavy atom. The van der Waals surface area contributed by atoms with Crippen molar-refractivity contribution in [1.29, 1.82) is 0 Å². The average molecular weight is 200 g/mol. The second-order valence-corrected chi connectivity index (χ2v) is 3.29. The highest BCUT2D eigenvalue weighted by molar-refractivity contribution is 5.77. The Labute approximate surface area is 83.4 Å². The number of nitrogens with zero attached hydrogens (tertiary/aromatic N) is 1. The van der Waals surface area contributed by atoms with Crippen LogP contribution in [0.5, 0.6) is 0 Å². The predicted molar refractivity (Wildman–Crippen MR) is 50.7 cm³/mol. The Hall–Kier alpha value is -1.10. The summed E-state index contributed by atoms with van der Waals surface area (Å²) in [5, 5.41) is 2.54. The van der Waals surface area contributed by atoms with Crippen LogP contribution in [0.3, 0.4) is 0 Å². The molecule has 5 heteroatoms. The molecule has 1 unspecified atom stereocenters. The van der Waals surface area contributed by atoms with Crippen molar-refractivity contribution in [2.45, 2.75) is 18.9 Å². The first-order valence-corrected chi connectivity index (χ1v) is 4.71. The van der Waals surface area contributed by atoms with Gasteiger partial charge in [-0.2, -0.15) is 0 Å². The summed E-state index contributed by atoms with van der Waals surface area (Å²) in [5.74, 6) is -0.200. The van der Waals surface area contributed by atoms with E-state index in [0.29, 0.717) is 13.0 Å². The Bertz CT molecular complexity index is 230. The van der Waals surface area contributed by atoms with Gasteiger partial charge in [-0.1, -0.05) is 0 Å². The van der Waals surface area contributed by atoms with E-state index >= 15 is 0 Å². The van der Waals surface area contributed by atoms with Gasteiger partial charge < -0.3 is 10.1 Å². The fourth-order valence-corrected chi connectivity index (χ4v) is 1.48. The van der Waals surface area contributed by atoms with Crippen molar-refractivity contribution >= 4 is 11.9 Å². The average Bonchev–Trinajstić information content (AvgIpc) is 2.15. The van der Waals surface area contributed by atoms with Crippen molar-refractivity contribution in [3.8, 4) is 0 Å². The maximum Gasteiger partial charge on any atom is 0.323 e. The van der Waals surface area contributed by atoms with Gasteiger partial charge in [-0.15, -0.1) is 0 Å². The lowest BCUT2D eigenvalue weighted by Crippen LogP contribution is -2.53. The van der Waals surface area contributed by atoms with Crippen molar-refractivity contribution in [3.63, 3.8) is 0 Å². The number of carbonyl (C=O) groups excluding carboxylic acids is 2. The molecule has 1 N–H and O–H groups in total. The zero-order valence-corrected chi connectivity index (χ0v) is 8.58. The lowest BCUT2D eigenvalue weighted by Gasteiger charge is -2.38. The third kappa shape index (κ3) is 2.45. The number of likely N-dealkylation sites (tertiary alicyclic amines) is 1. The molecule has 0 aromatic carbocycles. The number of amides is 1. The molecule has 1 fully saturated rings. The molecule has 0 spiro atoms. The fraction of sp³-hybridized carbons (Fsp3) is 0.778. The third-order valence-corrected chi connectivity index (χ3v) is 2.51. The fourth-order valence-electron chi connectivity index (χ4n) is 1.48. The summed E-state index contributed by atoms with van der Waals surface area (Å²) in [7, 11) is 2.99. The maximum absolute atomic E-state index is 11.2. The van der Waals surface area contributed by atoms with E-state index < -0.39 is 0 Å². The van der Waals surface area contributed by atoms with Crippen LogP contribution in [0.4, 0.5) is 0 Å². The molecule has 1 rings (SSSR count). The van der Waals surface area contributed by atoms with Crippen molar-refractivity contribution < 1.29 is 14.3 Å². The highest BCUT2D eigenvalue weighted by atomic mass is 16.5. The SMILES string of the molecule is CNC(=O)CCN1CCC1C(=O)OC. The van der Waals surface area contributed by atoms with Crippen molar-refractivity contribution in [2.24, 2.45) is 0 Å². The lowest BCUT2D eigenvalue weighted by atomic mass is 10.0. The molecule has 14 heavy (non-hydrogen) atoms. The summed E-state index contributed by atoms with van der Waals surface area (Å²) in [6.07, 6.45) is 1.27. The van der Waals surface area contributed by atoms with Crippen LogP contribution in [0.15, 0.2) is 0 Å². The van der Waals surface area contributed by atoms with Crippen molar-refractivity contribution in [3.05, 3.63) is 0 Å². The number of esters is 1. The third-order valence-electron chi connectivity index (χ3n) is 2.51. The molecular formula is C9H16N2O3. The van der Waals surface area contributed by atoms with Gasteiger partial charge >= 0.3 is 5.97 Å². The van der Waals surface area contributed by atoms with E-state index in [1.807, 2.05) is 4.90 Å². The van der Waals surface area contributed by atoms with Crippen LogP contribution in [0.25, 0.3) is 0 Å². The first-order valence-electron chi connectivity index (χ1n) is 4.71. The predicted octanol–water partition coefficient (Wildman–Crippen LogP) is -0.630. The van der Waals surface area contributed by atoms with E-state index in [0.717, 1.165) is 13.0 Å². The summed E-state index contributed by atoms with van der Waals surface area (Å²) in [6, 6.07) is -0.135. The molecule has 1 aliphatic heterocycles. The second kappa shape index (κ2) is 4.95. The van der Waals surface area contributed by atoms with E-state index in [2.05, 4.69) is 10.1 Å². The first-order chi connectivity index (χ1) is 6.69. The Morgan fingerprint density at radius 2 is 2.29 bits per heavy atom. The van der Waals surface area contributed by atoms with Gasteiger partial charge in [0.2, 0.25) is 5.91 Å². The quantitative estimate of drug-likeness (QED) is 0.614. The van der Waals surface area contributed by atoms with Gasteiger partial charge in [0.1, 0.15) is 6.04 Å². The normalized spacial score (nSPS) is 21.1. The smallest absolute Gasteiger partial charge is 0.323 e. The number of hydrogen-bond donors (Lipinski definition) is 1. The van der Waals surface area contributed by atoms with Crippen LogP contribution in [0.2, 0.25) is 0 Å². The van der Waals surface area contributed by atoms with Crippen LogP contribution in [-0.2, 0) is 14.3 Å². The minimum Gasteiger partial charge on any atom is -0.468 e. The van der Waals surface area contributed by atoms with Gasteiger partial charge in [0.05, 0.1) is 7.11 Å². The van der Waals surface area contributed by atoms with Gasteiger partial charge in [-0.05, 0) is 6.42 Å². The van der Waals surface area contributed by atoms with Gasteiger partial charge in [0, 0.05) is 26.6 Å². The maximum atomic E-state index is 11.2. The summed E-state index contributed by atoms with van der Waals surface area (Å²) in [6.45, 7) is 1.50. The highest BCUT2D eigenvalue weighted by Gasteiger charge is 2.34. The standard InChI is InChI=1S/C9H16N2O3/c1-10-8(12)4-6-11-5-3-7(11)9(13)14-2/h7H,3-6H2,1-2H3,(H,10,12). The number of rotatable bonds is 4. The zero-order valence-electron chi connectivity index (χ0n) is 8.58. The molecule has 80 valence electrons. The molecule has 1 amide bonds. The van der Waals surface area contributed by atoms with E-state index in [9.17, 15) is 9.59 Å². The number of methoxy groups -OCH3 is 1. The van der Waals surface area contributed by atoms with Crippen molar-refractivity contribution in [1.82, 2.24) is 10.2 Å². The molecular weight excluding hydrogens is 184 g/mol. The van der Waals surface area contributed by atoms with E-state index in [4.69, 9.17) is 0 Å². The zero-order chi connectivity index (χ0) is 10.6. The minimum atomic E-state index is -0.201. The van der Waals surface area contributed by atoms with Crippen LogP contribution in [-0.4, -0.2) is 50.1 Å². The monoisotopic (exact) mass is 200 g/mol. The van der Waals surface area contributed by atoms with Gasteiger partial charge in [0.25, 0.3) is 0 Å². The molecule has 0 aliphatic carbocycles.